The Morgan fingerprint density at radius 1 is 1.16 bits per heavy atom. The second kappa shape index (κ2) is 6.02. The predicted molar refractivity (Wildman–Crippen MR) is 95.6 cm³/mol. The molecule has 0 bridgehead atoms. The number of carbonyl (C=O) groups is 1. The summed E-state index contributed by atoms with van der Waals surface area (Å²) in [5.41, 5.74) is 2.36. The van der Waals surface area contributed by atoms with E-state index in [-0.39, 0.29) is 12.1 Å². The number of nitrogens with one attached hydrogen (secondary N) is 3. The van der Waals surface area contributed by atoms with Gasteiger partial charge in [-0.05, 0) is 69.2 Å². The fourth-order valence-corrected chi connectivity index (χ4v) is 4.31. The Hall–Kier alpha value is -2.08. The molecule has 3 fully saturated rings. The van der Waals surface area contributed by atoms with Crippen LogP contribution in [0.2, 0.25) is 0 Å². The Morgan fingerprint density at radius 2 is 2.04 bits per heavy atom. The van der Waals surface area contributed by atoms with Crippen LogP contribution in [0.15, 0.2) is 22.6 Å². The highest BCUT2D eigenvalue weighted by atomic mass is 16.3. The van der Waals surface area contributed by atoms with E-state index in [1.807, 2.05) is 18.2 Å². The summed E-state index contributed by atoms with van der Waals surface area (Å²) in [6.07, 6.45) is 5.69. The zero-order valence-electron chi connectivity index (χ0n) is 14.3. The molecule has 3 aliphatic rings. The highest BCUT2D eigenvalue weighted by Crippen LogP contribution is 2.40. The number of hydrogen-bond acceptors (Lipinski definition) is 4. The zero-order valence-corrected chi connectivity index (χ0v) is 14.3. The lowest BCUT2D eigenvalue weighted by Gasteiger charge is -2.31. The molecule has 6 nitrogen and oxygen atoms in total. The van der Waals surface area contributed by atoms with Crippen molar-refractivity contribution >= 4 is 22.8 Å². The van der Waals surface area contributed by atoms with Gasteiger partial charge in [-0.2, -0.15) is 0 Å². The molecule has 3 unspecified atom stereocenters. The van der Waals surface area contributed by atoms with Gasteiger partial charge >= 0.3 is 6.03 Å². The van der Waals surface area contributed by atoms with E-state index in [0.717, 1.165) is 54.5 Å². The third-order valence-corrected chi connectivity index (χ3v) is 5.88. The third kappa shape index (κ3) is 3.11. The number of amides is 2. The number of urea groups is 1. The van der Waals surface area contributed by atoms with Crippen LogP contribution in [0.25, 0.3) is 11.1 Å². The summed E-state index contributed by atoms with van der Waals surface area (Å²) in [6, 6.07) is 5.81. The molecule has 1 aromatic heterocycles. The molecule has 6 heteroatoms. The molecule has 2 heterocycles. The van der Waals surface area contributed by atoms with E-state index in [1.54, 1.807) is 0 Å². The van der Waals surface area contributed by atoms with Gasteiger partial charge in [0, 0.05) is 23.7 Å². The summed E-state index contributed by atoms with van der Waals surface area (Å²) >= 11 is 0. The molecule has 2 saturated carbocycles. The second-order valence-corrected chi connectivity index (χ2v) is 7.80. The van der Waals surface area contributed by atoms with E-state index in [4.69, 9.17) is 4.42 Å². The summed E-state index contributed by atoms with van der Waals surface area (Å²) in [7, 11) is 0. The van der Waals surface area contributed by atoms with Gasteiger partial charge in [0.1, 0.15) is 5.52 Å². The first-order valence-corrected chi connectivity index (χ1v) is 9.43. The topological polar surface area (TPSA) is 79.2 Å². The van der Waals surface area contributed by atoms with Gasteiger partial charge in [-0.3, -0.25) is 0 Å². The average molecular weight is 340 g/mol. The van der Waals surface area contributed by atoms with Crippen molar-refractivity contribution in [2.75, 3.05) is 18.4 Å². The molecular weight excluding hydrogens is 316 g/mol. The van der Waals surface area contributed by atoms with Crippen molar-refractivity contribution in [3.63, 3.8) is 0 Å². The molecule has 3 atom stereocenters. The summed E-state index contributed by atoms with van der Waals surface area (Å²) in [4.78, 5) is 16.9. The minimum absolute atomic E-state index is 0.129. The minimum Gasteiger partial charge on any atom is -0.440 e. The average Bonchev–Trinajstić information content (AvgIpc) is 3.20. The van der Waals surface area contributed by atoms with Crippen molar-refractivity contribution in [2.24, 2.45) is 11.8 Å². The molecule has 2 aliphatic carbocycles. The summed E-state index contributed by atoms with van der Waals surface area (Å²) in [5, 5.41) is 9.54. The quantitative estimate of drug-likeness (QED) is 0.801. The van der Waals surface area contributed by atoms with Crippen molar-refractivity contribution in [3.05, 3.63) is 24.1 Å². The van der Waals surface area contributed by atoms with E-state index in [1.165, 1.54) is 19.3 Å². The first kappa shape index (κ1) is 15.2. The molecule has 0 radical (unpaired) electrons. The van der Waals surface area contributed by atoms with E-state index in [2.05, 4.69) is 20.9 Å². The van der Waals surface area contributed by atoms with E-state index in [9.17, 15) is 4.79 Å². The van der Waals surface area contributed by atoms with Crippen LogP contribution in [0.1, 0.15) is 43.9 Å². The van der Waals surface area contributed by atoms with Crippen LogP contribution in [0.5, 0.6) is 0 Å². The Balaban J connectivity index is 1.22. The summed E-state index contributed by atoms with van der Waals surface area (Å²) < 4.78 is 5.82. The SMILES string of the molecule is O=C(Nc1ccc2nc(C3CC3)oc2c1)NC1CCC2CNCC2C1. The zero-order chi connectivity index (χ0) is 16.8. The van der Waals surface area contributed by atoms with Gasteiger partial charge in [0.05, 0.1) is 0 Å². The van der Waals surface area contributed by atoms with Crippen molar-refractivity contribution in [3.8, 4) is 0 Å². The number of rotatable bonds is 3. The standard InChI is InChI=1S/C19H24N4O2/c24-19(21-14-4-3-12-9-20-10-13(12)7-14)22-15-5-6-16-17(8-15)25-18(23-16)11-1-2-11/h5-6,8,11-14,20H,1-4,7,9-10H2,(H2,21,22,24). The lowest BCUT2D eigenvalue weighted by molar-refractivity contribution is 0.224. The molecule has 5 rings (SSSR count). The maximum Gasteiger partial charge on any atom is 0.319 e. The van der Waals surface area contributed by atoms with Gasteiger partial charge in [0.25, 0.3) is 0 Å². The van der Waals surface area contributed by atoms with Gasteiger partial charge in [0.2, 0.25) is 0 Å². The van der Waals surface area contributed by atoms with Gasteiger partial charge in [-0.25, -0.2) is 9.78 Å². The third-order valence-electron chi connectivity index (χ3n) is 5.88. The molecule has 25 heavy (non-hydrogen) atoms. The van der Waals surface area contributed by atoms with Crippen LogP contribution < -0.4 is 16.0 Å². The van der Waals surface area contributed by atoms with Crippen molar-refractivity contribution < 1.29 is 9.21 Å². The normalized spacial score (nSPS) is 28.7. The van der Waals surface area contributed by atoms with E-state index < -0.39 is 0 Å². The first-order chi connectivity index (χ1) is 12.2. The number of oxazole rings is 1. The fraction of sp³-hybridized carbons (Fsp3) is 0.579. The van der Waals surface area contributed by atoms with Crippen molar-refractivity contribution in [2.45, 2.75) is 44.1 Å². The molecule has 1 saturated heterocycles. The number of nitrogens with zero attached hydrogens (tertiary/aromatic N) is 1. The van der Waals surface area contributed by atoms with Gasteiger partial charge in [-0.15, -0.1) is 0 Å². The highest BCUT2D eigenvalue weighted by Gasteiger charge is 2.34. The smallest absolute Gasteiger partial charge is 0.319 e. The Kier molecular flexibility index (Phi) is 3.66. The number of anilines is 1. The highest BCUT2D eigenvalue weighted by molar-refractivity contribution is 5.91. The lowest BCUT2D eigenvalue weighted by Crippen LogP contribution is -2.42. The molecule has 1 aliphatic heterocycles. The monoisotopic (exact) mass is 340 g/mol. The van der Waals surface area contributed by atoms with Crippen LogP contribution in [0.3, 0.4) is 0 Å². The number of benzene rings is 1. The molecule has 1 aromatic carbocycles. The fourth-order valence-electron chi connectivity index (χ4n) is 4.31. The number of fused-ring (bicyclic) bond motifs is 2. The van der Waals surface area contributed by atoms with E-state index in [0.29, 0.717) is 11.8 Å². The van der Waals surface area contributed by atoms with Crippen LogP contribution in [0, 0.1) is 11.8 Å². The van der Waals surface area contributed by atoms with Crippen LogP contribution in [0.4, 0.5) is 10.5 Å². The predicted octanol–water partition coefficient (Wildman–Crippen LogP) is 3.21. The molecule has 0 spiro atoms. The molecule has 3 N–H and O–H groups in total. The lowest BCUT2D eigenvalue weighted by atomic mass is 9.79. The Bertz CT molecular complexity index is 798. The largest absolute Gasteiger partial charge is 0.440 e. The minimum atomic E-state index is -0.129. The van der Waals surface area contributed by atoms with Crippen LogP contribution in [-0.2, 0) is 0 Å². The van der Waals surface area contributed by atoms with Gasteiger partial charge in [0.15, 0.2) is 11.5 Å². The van der Waals surface area contributed by atoms with Crippen LogP contribution >= 0.6 is 0 Å². The number of aromatic nitrogens is 1. The maximum atomic E-state index is 12.3. The molecular formula is C19H24N4O2. The van der Waals surface area contributed by atoms with Gasteiger partial charge < -0.3 is 20.4 Å². The van der Waals surface area contributed by atoms with Crippen LogP contribution in [-0.4, -0.2) is 30.1 Å². The molecule has 132 valence electrons. The molecule has 2 aromatic rings. The van der Waals surface area contributed by atoms with Gasteiger partial charge in [-0.1, -0.05) is 0 Å². The summed E-state index contributed by atoms with van der Waals surface area (Å²) in [5.74, 6) is 2.84. The Labute approximate surface area is 146 Å². The second-order valence-electron chi connectivity index (χ2n) is 7.80. The first-order valence-electron chi connectivity index (χ1n) is 9.43. The van der Waals surface area contributed by atoms with Crippen molar-refractivity contribution in [1.82, 2.24) is 15.6 Å². The molecule has 2 amide bonds. The number of hydrogen-bond donors (Lipinski definition) is 3. The van der Waals surface area contributed by atoms with Crippen molar-refractivity contribution in [1.29, 1.82) is 0 Å². The maximum absolute atomic E-state index is 12.3. The number of carbonyl (C=O) groups excluding carboxylic acids is 1. The van der Waals surface area contributed by atoms with E-state index >= 15 is 0 Å². The Morgan fingerprint density at radius 3 is 2.92 bits per heavy atom. The summed E-state index contributed by atoms with van der Waals surface area (Å²) in [6.45, 7) is 2.24.